The molecule has 25 heavy (non-hydrogen) atoms. The SMILES string of the molecule is CN=C(NCCNc1ccc([N+](=O)[O-])cc1)NCc1cccc(C)c1. The second kappa shape index (κ2) is 9.27. The van der Waals surface area contributed by atoms with E-state index in [0.717, 1.165) is 11.6 Å². The molecule has 0 aromatic heterocycles. The van der Waals surface area contributed by atoms with Gasteiger partial charge in [-0.05, 0) is 24.6 Å². The number of benzene rings is 2. The third-order valence-electron chi connectivity index (χ3n) is 3.59. The minimum atomic E-state index is -0.408. The Labute approximate surface area is 147 Å². The number of hydrogen-bond acceptors (Lipinski definition) is 4. The maximum Gasteiger partial charge on any atom is 0.269 e. The third kappa shape index (κ3) is 6.14. The van der Waals surface area contributed by atoms with Gasteiger partial charge in [-0.1, -0.05) is 29.8 Å². The fourth-order valence-corrected chi connectivity index (χ4v) is 2.32. The zero-order valence-electron chi connectivity index (χ0n) is 14.5. The van der Waals surface area contributed by atoms with Crippen LogP contribution in [0.4, 0.5) is 11.4 Å². The number of nitrogens with zero attached hydrogens (tertiary/aromatic N) is 2. The molecular formula is C18H23N5O2. The highest BCUT2D eigenvalue weighted by Gasteiger charge is 2.03. The van der Waals surface area contributed by atoms with Gasteiger partial charge in [0.1, 0.15) is 0 Å². The van der Waals surface area contributed by atoms with Gasteiger partial charge in [-0.25, -0.2) is 0 Å². The summed E-state index contributed by atoms with van der Waals surface area (Å²) in [6.07, 6.45) is 0. The number of guanidine groups is 1. The second-order valence-corrected chi connectivity index (χ2v) is 5.57. The van der Waals surface area contributed by atoms with E-state index in [1.54, 1.807) is 19.2 Å². The van der Waals surface area contributed by atoms with Gasteiger partial charge in [-0.3, -0.25) is 15.1 Å². The number of hydrogen-bond donors (Lipinski definition) is 3. The van der Waals surface area contributed by atoms with Crippen molar-refractivity contribution in [3.8, 4) is 0 Å². The largest absolute Gasteiger partial charge is 0.383 e. The van der Waals surface area contributed by atoms with Crippen LogP contribution in [0.5, 0.6) is 0 Å². The molecule has 0 atom stereocenters. The maximum absolute atomic E-state index is 10.6. The van der Waals surface area contributed by atoms with Crippen molar-refractivity contribution in [3.05, 3.63) is 69.8 Å². The van der Waals surface area contributed by atoms with Crippen LogP contribution in [-0.4, -0.2) is 31.0 Å². The summed E-state index contributed by atoms with van der Waals surface area (Å²) in [5.74, 6) is 0.729. The number of nitro benzene ring substituents is 1. The Bertz CT molecular complexity index is 729. The van der Waals surface area contributed by atoms with E-state index in [1.165, 1.54) is 23.3 Å². The zero-order valence-corrected chi connectivity index (χ0v) is 14.5. The molecule has 0 bridgehead atoms. The first-order chi connectivity index (χ1) is 12.1. The lowest BCUT2D eigenvalue weighted by atomic mass is 10.1. The van der Waals surface area contributed by atoms with E-state index < -0.39 is 4.92 Å². The number of nitrogens with one attached hydrogen (secondary N) is 3. The first-order valence-corrected chi connectivity index (χ1v) is 8.07. The van der Waals surface area contributed by atoms with Crippen LogP contribution in [0.1, 0.15) is 11.1 Å². The summed E-state index contributed by atoms with van der Waals surface area (Å²) in [7, 11) is 1.73. The average Bonchev–Trinajstić information content (AvgIpc) is 2.61. The number of non-ortho nitro benzene ring substituents is 1. The van der Waals surface area contributed by atoms with Crippen molar-refractivity contribution in [2.75, 3.05) is 25.5 Å². The van der Waals surface area contributed by atoms with Gasteiger partial charge in [0.2, 0.25) is 0 Å². The minimum Gasteiger partial charge on any atom is -0.383 e. The molecule has 0 spiro atoms. The highest BCUT2D eigenvalue weighted by Crippen LogP contribution is 2.14. The van der Waals surface area contributed by atoms with E-state index >= 15 is 0 Å². The molecule has 0 amide bonds. The van der Waals surface area contributed by atoms with E-state index in [-0.39, 0.29) is 5.69 Å². The van der Waals surface area contributed by atoms with Crippen molar-refractivity contribution in [2.45, 2.75) is 13.5 Å². The normalized spacial score (nSPS) is 11.0. The van der Waals surface area contributed by atoms with Gasteiger partial charge in [-0.2, -0.15) is 0 Å². The fraction of sp³-hybridized carbons (Fsp3) is 0.278. The summed E-state index contributed by atoms with van der Waals surface area (Å²) in [6, 6.07) is 14.7. The van der Waals surface area contributed by atoms with Crippen molar-refractivity contribution in [3.63, 3.8) is 0 Å². The van der Waals surface area contributed by atoms with Crippen LogP contribution in [0, 0.1) is 17.0 Å². The summed E-state index contributed by atoms with van der Waals surface area (Å²) in [4.78, 5) is 14.4. The van der Waals surface area contributed by atoms with Gasteiger partial charge < -0.3 is 16.0 Å². The molecule has 7 heteroatoms. The molecule has 3 N–H and O–H groups in total. The summed E-state index contributed by atoms with van der Waals surface area (Å²) in [5.41, 5.74) is 3.36. The number of anilines is 1. The van der Waals surface area contributed by atoms with E-state index in [4.69, 9.17) is 0 Å². The smallest absolute Gasteiger partial charge is 0.269 e. The molecule has 2 rings (SSSR count). The summed E-state index contributed by atoms with van der Waals surface area (Å²) >= 11 is 0. The number of aliphatic imine (C=N–C) groups is 1. The molecule has 132 valence electrons. The molecule has 0 aliphatic rings. The van der Waals surface area contributed by atoms with Crippen LogP contribution >= 0.6 is 0 Å². The Morgan fingerprint density at radius 1 is 1.12 bits per heavy atom. The molecule has 0 unspecified atom stereocenters. The molecule has 2 aromatic carbocycles. The zero-order chi connectivity index (χ0) is 18.1. The van der Waals surface area contributed by atoms with Crippen molar-refractivity contribution in [2.24, 2.45) is 4.99 Å². The maximum atomic E-state index is 10.6. The predicted molar refractivity (Wildman–Crippen MR) is 101 cm³/mol. The van der Waals surface area contributed by atoms with Gasteiger partial charge >= 0.3 is 0 Å². The van der Waals surface area contributed by atoms with Crippen LogP contribution in [0.25, 0.3) is 0 Å². The summed E-state index contributed by atoms with van der Waals surface area (Å²) < 4.78 is 0. The standard InChI is InChI=1S/C18H23N5O2/c1-14-4-3-5-15(12-14)13-22-18(19-2)21-11-10-20-16-6-8-17(9-7-16)23(24)25/h3-9,12,20H,10-11,13H2,1-2H3,(H2,19,21,22). The van der Waals surface area contributed by atoms with E-state index in [1.807, 2.05) is 6.07 Å². The Kier molecular flexibility index (Phi) is 6.76. The van der Waals surface area contributed by atoms with E-state index in [9.17, 15) is 10.1 Å². The Morgan fingerprint density at radius 3 is 2.52 bits per heavy atom. The van der Waals surface area contributed by atoms with Crippen molar-refractivity contribution in [1.82, 2.24) is 10.6 Å². The molecular weight excluding hydrogens is 318 g/mol. The van der Waals surface area contributed by atoms with Gasteiger partial charge in [0.25, 0.3) is 5.69 Å². The van der Waals surface area contributed by atoms with E-state index in [0.29, 0.717) is 19.6 Å². The van der Waals surface area contributed by atoms with Crippen molar-refractivity contribution < 1.29 is 4.92 Å². The quantitative estimate of drug-likeness (QED) is 0.237. The lowest BCUT2D eigenvalue weighted by molar-refractivity contribution is -0.384. The topological polar surface area (TPSA) is 91.6 Å². The first-order valence-electron chi connectivity index (χ1n) is 8.07. The Hall–Kier alpha value is -3.09. The molecule has 0 saturated carbocycles. The number of rotatable bonds is 7. The highest BCUT2D eigenvalue weighted by molar-refractivity contribution is 5.79. The third-order valence-corrected chi connectivity index (χ3v) is 3.59. The number of nitro groups is 1. The van der Waals surface area contributed by atoms with Crippen LogP contribution in [0.2, 0.25) is 0 Å². The molecule has 0 fully saturated rings. The second-order valence-electron chi connectivity index (χ2n) is 5.57. The van der Waals surface area contributed by atoms with Gasteiger partial charge in [0, 0.05) is 44.5 Å². The average molecular weight is 341 g/mol. The van der Waals surface area contributed by atoms with Crippen LogP contribution in [-0.2, 0) is 6.54 Å². The first kappa shape index (κ1) is 18.3. The lowest BCUT2D eigenvalue weighted by Crippen LogP contribution is -2.39. The minimum absolute atomic E-state index is 0.0874. The molecule has 0 aliphatic carbocycles. The van der Waals surface area contributed by atoms with Crippen molar-refractivity contribution in [1.29, 1.82) is 0 Å². The van der Waals surface area contributed by atoms with Gasteiger partial charge in [0.15, 0.2) is 5.96 Å². The monoisotopic (exact) mass is 341 g/mol. The molecule has 0 radical (unpaired) electrons. The van der Waals surface area contributed by atoms with Gasteiger partial charge in [-0.15, -0.1) is 0 Å². The van der Waals surface area contributed by atoms with Gasteiger partial charge in [0.05, 0.1) is 4.92 Å². The Morgan fingerprint density at radius 2 is 1.88 bits per heavy atom. The highest BCUT2D eigenvalue weighted by atomic mass is 16.6. The molecule has 0 saturated heterocycles. The van der Waals surface area contributed by atoms with Crippen molar-refractivity contribution >= 4 is 17.3 Å². The summed E-state index contributed by atoms with van der Waals surface area (Å²) in [5, 5.41) is 20.3. The molecule has 0 aliphatic heterocycles. The summed E-state index contributed by atoms with van der Waals surface area (Å²) in [6.45, 7) is 4.12. The van der Waals surface area contributed by atoms with Crippen LogP contribution < -0.4 is 16.0 Å². The molecule has 2 aromatic rings. The molecule has 0 heterocycles. The fourth-order valence-electron chi connectivity index (χ4n) is 2.32. The van der Waals surface area contributed by atoms with E-state index in [2.05, 4.69) is 46.1 Å². The van der Waals surface area contributed by atoms with Crippen LogP contribution in [0.15, 0.2) is 53.5 Å². The Balaban J connectivity index is 1.71. The lowest BCUT2D eigenvalue weighted by Gasteiger charge is -2.13. The predicted octanol–water partition coefficient (Wildman–Crippen LogP) is 2.68. The number of aryl methyl sites for hydroxylation is 1. The molecule has 7 nitrogen and oxygen atoms in total. The van der Waals surface area contributed by atoms with Crippen LogP contribution in [0.3, 0.4) is 0 Å².